The van der Waals surface area contributed by atoms with E-state index in [0.29, 0.717) is 29.4 Å². The molecular formula is C24H37N2O2S+. The Hall–Kier alpha value is -0.910. The zero-order chi connectivity index (χ0) is 20.4. The maximum absolute atomic E-state index is 13.5. The van der Waals surface area contributed by atoms with Gasteiger partial charge in [-0.3, -0.25) is 0 Å². The number of hydrogen-bond donors (Lipinski definition) is 1. The summed E-state index contributed by atoms with van der Waals surface area (Å²) in [6, 6.07) is 5.95. The number of sulfonamides is 1. The second-order valence-corrected chi connectivity index (χ2v) is 12.8. The van der Waals surface area contributed by atoms with E-state index in [4.69, 9.17) is 0 Å². The third-order valence-corrected chi connectivity index (χ3v) is 10.7. The summed E-state index contributed by atoms with van der Waals surface area (Å²) in [6.07, 6.45) is 8.61. The summed E-state index contributed by atoms with van der Waals surface area (Å²) in [5.41, 5.74) is 2.44. The molecule has 160 valence electrons. The van der Waals surface area contributed by atoms with Gasteiger partial charge in [0.2, 0.25) is 10.0 Å². The van der Waals surface area contributed by atoms with Gasteiger partial charge in [-0.2, -0.15) is 4.31 Å². The quantitative estimate of drug-likeness (QED) is 0.818. The lowest BCUT2D eigenvalue weighted by molar-refractivity contribution is -0.962. The lowest BCUT2D eigenvalue weighted by atomic mass is 9.52. The highest BCUT2D eigenvalue weighted by molar-refractivity contribution is 7.89. The molecule has 6 rings (SSSR count). The van der Waals surface area contributed by atoms with Gasteiger partial charge in [0.25, 0.3) is 0 Å². The summed E-state index contributed by atoms with van der Waals surface area (Å²) in [7, 11) is -3.41. The van der Waals surface area contributed by atoms with Crippen molar-refractivity contribution in [1.82, 2.24) is 4.31 Å². The molecule has 0 atom stereocenters. The summed E-state index contributed by atoms with van der Waals surface area (Å²) in [4.78, 5) is 2.23. The molecule has 0 radical (unpaired) electrons. The van der Waals surface area contributed by atoms with E-state index in [1.807, 2.05) is 19.1 Å². The van der Waals surface area contributed by atoms with Crippen LogP contribution >= 0.6 is 0 Å². The molecule has 5 aliphatic rings. The van der Waals surface area contributed by atoms with Crippen LogP contribution in [0.2, 0.25) is 0 Å². The van der Waals surface area contributed by atoms with Gasteiger partial charge in [-0.1, -0.05) is 26.0 Å². The summed E-state index contributed by atoms with van der Waals surface area (Å²) in [6.45, 7) is 9.47. The van der Waals surface area contributed by atoms with E-state index in [1.165, 1.54) is 38.5 Å². The van der Waals surface area contributed by atoms with Crippen LogP contribution in [0.5, 0.6) is 0 Å². The number of rotatable bonds is 4. The number of benzene rings is 1. The Morgan fingerprint density at radius 2 is 1.55 bits per heavy atom. The van der Waals surface area contributed by atoms with Crippen LogP contribution in [0.15, 0.2) is 23.1 Å². The topological polar surface area (TPSA) is 41.8 Å². The number of nitrogens with one attached hydrogen (secondary N) is 1. The molecule has 0 aromatic heterocycles. The second-order valence-electron chi connectivity index (χ2n) is 10.9. The molecule has 1 N–H and O–H groups in total. The Kier molecular flexibility index (Phi) is 4.88. The third-order valence-electron chi connectivity index (χ3n) is 8.61. The van der Waals surface area contributed by atoms with E-state index in [0.717, 1.165) is 42.0 Å². The first kappa shape index (κ1) is 20.0. The predicted octanol–water partition coefficient (Wildman–Crippen LogP) is 2.98. The molecule has 1 heterocycles. The average Bonchev–Trinajstić information content (AvgIpc) is 2.67. The van der Waals surface area contributed by atoms with Gasteiger partial charge in [0.05, 0.1) is 36.6 Å². The Balaban J connectivity index is 1.33. The predicted molar refractivity (Wildman–Crippen MR) is 116 cm³/mol. The second kappa shape index (κ2) is 7.06. The Labute approximate surface area is 176 Å². The Morgan fingerprint density at radius 3 is 2.07 bits per heavy atom. The summed E-state index contributed by atoms with van der Waals surface area (Å²) < 4.78 is 28.7. The monoisotopic (exact) mass is 417 g/mol. The van der Waals surface area contributed by atoms with E-state index in [2.05, 4.69) is 19.9 Å². The molecule has 4 saturated carbocycles. The zero-order valence-electron chi connectivity index (χ0n) is 18.3. The molecule has 1 aromatic rings. The molecule has 1 aliphatic heterocycles. The van der Waals surface area contributed by atoms with Crippen molar-refractivity contribution in [3.8, 4) is 0 Å². The number of piperazine rings is 1. The zero-order valence-corrected chi connectivity index (χ0v) is 19.1. The summed E-state index contributed by atoms with van der Waals surface area (Å²) in [5.74, 6) is 3.20. The van der Waals surface area contributed by atoms with Crippen LogP contribution in [0.1, 0.15) is 69.4 Å². The van der Waals surface area contributed by atoms with E-state index in [9.17, 15) is 8.42 Å². The third kappa shape index (κ3) is 3.37. The van der Waals surface area contributed by atoms with E-state index >= 15 is 0 Å². The molecule has 4 nitrogen and oxygen atoms in total. The Bertz CT molecular complexity index is 849. The van der Waals surface area contributed by atoms with Gasteiger partial charge in [-0.25, -0.2) is 8.42 Å². The van der Waals surface area contributed by atoms with Crippen molar-refractivity contribution < 1.29 is 13.3 Å². The van der Waals surface area contributed by atoms with Gasteiger partial charge in [-0.15, -0.1) is 0 Å². The highest BCUT2D eigenvalue weighted by atomic mass is 32.2. The van der Waals surface area contributed by atoms with Crippen LogP contribution in [-0.4, -0.2) is 44.4 Å². The van der Waals surface area contributed by atoms with Crippen molar-refractivity contribution in [2.24, 2.45) is 17.8 Å². The van der Waals surface area contributed by atoms with Gasteiger partial charge in [0, 0.05) is 19.3 Å². The van der Waals surface area contributed by atoms with Crippen LogP contribution in [-0.2, 0) is 10.0 Å². The summed E-state index contributed by atoms with van der Waals surface area (Å²) in [5, 5.41) is 0. The highest BCUT2D eigenvalue weighted by Gasteiger charge is 2.56. The molecule has 0 spiro atoms. The molecule has 5 heteroatoms. The van der Waals surface area contributed by atoms with E-state index < -0.39 is 10.0 Å². The van der Waals surface area contributed by atoms with E-state index in [1.54, 1.807) is 9.21 Å². The molecule has 1 saturated heterocycles. The SMILES string of the molecule is Cc1ccc(C(C)C)cc1S(=O)(=O)N1CC[NH+](C23CC4CC(CC(C4)C2)C3)CC1. The smallest absolute Gasteiger partial charge is 0.243 e. The number of hydrogen-bond acceptors (Lipinski definition) is 2. The van der Waals surface area contributed by atoms with Crippen LogP contribution in [0.4, 0.5) is 0 Å². The molecule has 4 aliphatic carbocycles. The highest BCUT2D eigenvalue weighted by Crippen LogP contribution is 2.54. The van der Waals surface area contributed by atoms with Gasteiger partial charge in [-0.05, 0) is 67.1 Å². The van der Waals surface area contributed by atoms with Crippen molar-refractivity contribution in [1.29, 1.82) is 0 Å². The molecule has 1 aromatic carbocycles. The molecule has 0 amide bonds. The fourth-order valence-corrected chi connectivity index (χ4v) is 9.16. The first-order valence-corrected chi connectivity index (χ1v) is 13.2. The standard InChI is InChI=1S/C24H36N2O2S/c1-17(2)22-5-4-18(3)23(13-22)29(27,28)26-8-6-25(7-9-26)24-14-19-10-20(15-24)12-21(11-19)16-24/h4-5,13,17,19-21H,6-12,14-16H2,1-3H3/p+1. The van der Waals surface area contributed by atoms with E-state index in [-0.39, 0.29) is 0 Å². The van der Waals surface area contributed by atoms with Crippen molar-refractivity contribution in [2.75, 3.05) is 26.2 Å². The number of quaternary nitrogens is 1. The van der Waals surface area contributed by atoms with Gasteiger partial charge in [0.1, 0.15) is 0 Å². The fraction of sp³-hybridized carbons (Fsp3) is 0.750. The van der Waals surface area contributed by atoms with Crippen molar-refractivity contribution in [3.05, 3.63) is 29.3 Å². The first-order chi connectivity index (χ1) is 13.8. The van der Waals surface area contributed by atoms with Gasteiger partial charge in [0.15, 0.2) is 0 Å². The van der Waals surface area contributed by atoms with Crippen LogP contribution in [0, 0.1) is 24.7 Å². The van der Waals surface area contributed by atoms with Crippen LogP contribution in [0.25, 0.3) is 0 Å². The van der Waals surface area contributed by atoms with Gasteiger partial charge >= 0.3 is 0 Å². The molecule has 4 bridgehead atoms. The largest absolute Gasteiger partial charge is 0.328 e. The van der Waals surface area contributed by atoms with Crippen molar-refractivity contribution in [3.63, 3.8) is 0 Å². The fourth-order valence-electron chi connectivity index (χ4n) is 7.46. The molecule has 0 unspecified atom stereocenters. The Morgan fingerprint density at radius 1 is 1.00 bits per heavy atom. The molecule has 29 heavy (non-hydrogen) atoms. The molecule has 5 fully saturated rings. The lowest BCUT2D eigenvalue weighted by Gasteiger charge is -2.59. The number of nitrogens with zero attached hydrogens (tertiary/aromatic N) is 1. The van der Waals surface area contributed by atoms with Crippen molar-refractivity contribution in [2.45, 2.75) is 75.6 Å². The first-order valence-electron chi connectivity index (χ1n) is 11.7. The lowest BCUT2D eigenvalue weighted by Crippen LogP contribution is -3.23. The minimum absolute atomic E-state index is 0.335. The minimum Gasteiger partial charge on any atom is -0.328 e. The summed E-state index contributed by atoms with van der Waals surface area (Å²) >= 11 is 0. The van der Waals surface area contributed by atoms with Gasteiger partial charge < -0.3 is 4.90 Å². The maximum atomic E-state index is 13.5. The van der Waals surface area contributed by atoms with Crippen LogP contribution < -0.4 is 4.90 Å². The van der Waals surface area contributed by atoms with Crippen molar-refractivity contribution >= 4 is 10.0 Å². The normalized spacial score (nSPS) is 35.5. The average molecular weight is 418 g/mol. The van der Waals surface area contributed by atoms with Crippen LogP contribution in [0.3, 0.4) is 0 Å². The minimum atomic E-state index is -3.41. The molecular weight excluding hydrogens is 380 g/mol. The maximum Gasteiger partial charge on any atom is 0.243 e. The number of aryl methyl sites for hydroxylation is 1.